The molecule has 0 saturated carbocycles. The second-order valence-corrected chi connectivity index (χ2v) is 7.01. The van der Waals surface area contributed by atoms with E-state index < -0.39 is 0 Å². The molecular weight excluding hydrogens is 298 g/mol. The number of aliphatic imine (C=N–C) groups is 1. The largest absolute Gasteiger partial charge is 0.357 e. The van der Waals surface area contributed by atoms with Crippen LogP contribution in [0.1, 0.15) is 65.6 Å². The van der Waals surface area contributed by atoms with Crippen molar-refractivity contribution in [2.24, 2.45) is 10.9 Å². The van der Waals surface area contributed by atoms with Gasteiger partial charge in [-0.25, -0.2) is 4.98 Å². The predicted octanol–water partition coefficient (Wildman–Crippen LogP) is 3.74. The molecule has 1 unspecified atom stereocenters. The van der Waals surface area contributed by atoms with Crippen LogP contribution in [-0.2, 0) is 6.54 Å². The Morgan fingerprint density at radius 3 is 2.62 bits per heavy atom. The topological polar surface area (TPSA) is 54.2 Å². The Hall–Kier alpha value is -1.52. The molecular formula is C19H37N5. The maximum absolute atomic E-state index is 4.71. The third-order valence-corrected chi connectivity index (χ3v) is 4.15. The summed E-state index contributed by atoms with van der Waals surface area (Å²) in [7, 11) is 0. The van der Waals surface area contributed by atoms with Crippen LogP contribution >= 0.6 is 0 Å². The Morgan fingerprint density at radius 2 is 2.00 bits per heavy atom. The molecule has 138 valence electrons. The average Bonchev–Trinajstić information content (AvgIpc) is 2.92. The molecule has 24 heavy (non-hydrogen) atoms. The third-order valence-electron chi connectivity index (χ3n) is 4.15. The zero-order valence-electron chi connectivity index (χ0n) is 16.3. The molecule has 0 fully saturated rings. The minimum absolute atomic E-state index is 0.468. The van der Waals surface area contributed by atoms with E-state index in [0.717, 1.165) is 50.2 Å². The molecule has 2 N–H and O–H groups in total. The van der Waals surface area contributed by atoms with Crippen LogP contribution in [0.4, 0.5) is 0 Å². The summed E-state index contributed by atoms with van der Waals surface area (Å²) in [6.07, 6.45) is 9.90. The number of unbranched alkanes of at least 4 members (excludes halogenated alkanes) is 1. The Morgan fingerprint density at radius 1 is 1.21 bits per heavy atom. The van der Waals surface area contributed by atoms with Gasteiger partial charge in [-0.05, 0) is 46.0 Å². The number of aryl methyl sites for hydroxylation is 2. The van der Waals surface area contributed by atoms with Gasteiger partial charge < -0.3 is 15.2 Å². The predicted molar refractivity (Wildman–Crippen MR) is 103 cm³/mol. The van der Waals surface area contributed by atoms with E-state index >= 15 is 0 Å². The van der Waals surface area contributed by atoms with Crippen LogP contribution < -0.4 is 10.6 Å². The van der Waals surface area contributed by atoms with Crippen molar-refractivity contribution in [1.82, 2.24) is 20.2 Å². The van der Waals surface area contributed by atoms with Crippen molar-refractivity contribution < 1.29 is 0 Å². The van der Waals surface area contributed by atoms with Crippen LogP contribution in [0.5, 0.6) is 0 Å². The van der Waals surface area contributed by atoms with Gasteiger partial charge in [0.15, 0.2) is 5.96 Å². The normalized spacial score (nSPS) is 13.3. The molecule has 0 spiro atoms. The van der Waals surface area contributed by atoms with Gasteiger partial charge in [-0.15, -0.1) is 0 Å². The van der Waals surface area contributed by atoms with E-state index in [1.807, 2.05) is 19.3 Å². The molecule has 0 aliphatic rings. The first-order valence-electron chi connectivity index (χ1n) is 9.55. The summed E-state index contributed by atoms with van der Waals surface area (Å²) in [4.78, 5) is 8.96. The molecule has 1 aromatic heterocycles. The van der Waals surface area contributed by atoms with Crippen LogP contribution in [0, 0.1) is 12.8 Å². The van der Waals surface area contributed by atoms with Crippen LogP contribution in [0.15, 0.2) is 17.4 Å². The molecule has 5 heteroatoms. The maximum atomic E-state index is 4.71. The van der Waals surface area contributed by atoms with Crippen molar-refractivity contribution in [1.29, 1.82) is 0 Å². The van der Waals surface area contributed by atoms with E-state index in [4.69, 9.17) is 4.99 Å². The van der Waals surface area contributed by atoms with Crippen molar-refractivity contribution in [3.05, 3.63) is 18.2 Å². The molecule has 0 amide bonds. The van der Waals surface area contributed by atoms with Crippen molar-refractivity contribution in [3.8, 4) is 0 Å². The number of aromatic nitrogens is 2. The van der Waals surface area contributed by atoms with E-state index in [9.17, 15) is 0 Å². The van der Waals surface area contributed by atoms with Crippen LogP contribution in [0.3, 0.4) is 0 Å². The van der Waals surface area contributed by atoms with Gasteiger partial charge in [0.2, 0.25) is 0 Å². The third kappa shape index (κ3) is 8.94. The lowest BCUT2D eigenvalue weighted by Gasteiger charge is -2.18. The van der Waals surface area contributed by atoms with Gasteiger partial charge in [0.25, 0.3) is 0 Å². The number of hydrogen-bond donors (Lipinski definition) is 2. The molecule has 1 aromatic rings. The van der Waals surface area contributed by atoms with E-state index in [-0.39, 0.29) is 0 Å². The number of nitrogens with zero attached hydrogens (tertiary/aromatic N) is 3. The summed E-state index contributed by atoms with van der Waals surface area (Å²) in [6, 6.07) is 0.468. The number of rotatable bonds is 11. The fourth-order valence-corrected chi connectivity index (χ4v) is 2.68. The van der Waals surface area contributed by atoms with Gasteiger partial charge in [0.1, 0.15) is 5.82 Å². The molecule has 1 rings (SSSR count). The smallest absolute Gasteiger partial charge is 0.191 e. The van der Waals surface area contributed by atoms with E-state index in [0.29, 0.717) is 6.04 Å². The van der Waals surface area contributed by atoms with Gasteiger partial charge in [-0.3, -0.25) is 4.99 Å². The summed E-state index contributed by atoms with van der Waals surface area (Å²) < 4.78 is 2.20. The van der Waals surface area contributed by atoms with Crippen molar-refractivity contribution in [3.63, 3.8) is 0 Å². The van der Waals surface area contributed by atoms with E-state index in [1.54, 1.807) is 0 Å². The van der Waals surface area contributed by atoms with Crippen LogP contribution in [-0.4, -0.2) is 34.6 Å². The van der Waals surface area contributed by atoms with Gasteiger partial charge in [-0.2, -0.15) is 0 Å². The lowest BCUT2D eigenvalue weighted by Crippen LogP contribution is -2.42. The molecule has 0 aliphatic carbocycles. The maximum Gasteiger partial charge on any atom is 0.191 e. The van der Waals surface area contributed by atoms with Crippen molar-refractivity contribution in [2.45, 2.75) is 79.3 Å². The molecule has 1 atom stereocenters. The average molecular weight is 336 g/mol. The van der Waals surface area contributed by atoms with E-state index in [2.05, 4.69) is 47.9 Å². The van der Waals surface area contributed by atoms with Gasteiger partial charge in [0, 0.05) is 38.1 Å². The molecule has 5 nitrogen and oxygen atoms in total. The molecule has 0 bridgehead atoms. The fourth-order valence-electron chi connectivity index (χ4n) is 2.68. The monoisotopic (exact) mass is 335 g/mol. The minimum atomic E-state index is 0.468. The summed E-state index contributed by atoms with van der Waals surface area (Å²) in [5.74, 6) is 2.83. The van der Waals surface area contributed by atoms with Crippen LogP contribution in [0.2, 0.25) is 0 Å². The second-order valence-electron chi connectivity index (χ2n) is 7.01. The van der Waals surface area contributed by atoms with Crippen molar-refractivity contribution >= 4 is 5.96 Å². The summed E-state index contributed by atoms with van der Waals surface area (Å²) in [5.41, 5.74) is 0. The Balaban J connectivity index is 2.27. The molecule has 1 heterocycles. The highest BCUT2D eigenvalue weighted by Gasteiger charge is 2.05. The van der Waals surface area contributed by atoms with Gasteiger partial charge in [-0.1, -0.05) is 26.7 Å². The highest BCUT2D eigenvalue weighted by molar-refractivity contribution is 5.79. The molecule has 0 saturated heterocycles. The first-order chi connectivity index (χ1) is 11.5. The van der Waals surface area contributed by atoms with Gasteiger partial charge >= 0.3 is 0 Å². The van der Waals surface area contributed by atoms with Gasteiger partial charge in [0.05, 0.1) is 0 Å². The molecule has 0 aliphatic heterocycles. The number of imidazole rings is 1. The van der Waals surface area contributed by atoms with E-state index in [1.165, 1.54) is 19.3 Å². The lowest BCUT2D eigenvalue weighted by molar-refractivity contribution is 0.491. The molecule has 0 aromatic carbocycles. The first kappa shape index (κ1) is 20.5. The number of nitrogens with one attached hydrogen (secondary N) is 2. The molecule has 0 radical (unpaired) electrons. The van der Waals surface area contributed by atoms with Crippen LogP contribution in [0.25, 0.3) is 0 Å². The zero-order valence-corrected chi connectivity index (χ0v) is 16.3. The lowest BCUT2D eigenvalue weighted by atomic mass is 10.0. The summed E-state index contributed by atoms with van der Waals surface area (Å²) in [6.45, 7) is 13.8. The summed E-state index contributed by atoms with van der Waals surface area (Å²) in [5, 5.41) is 6.88. The Kier molecular flexibility index (Phi) is 10.2. The Labute approximate surface area is 148 Å². The summed E-state index contributed by atoms with van der Waals surface area (Å²) >= 11 is 0. The standard InChI is InChI=1S/C19H37N5/c1-6-20-19(23-17(4)11-9-10-16(2)3)22-12-7-8-14-24-15-13-21-18(24)5/h13,15-17H,6-12,14H2,1-5H3,(H2,20,22,23). The Bertz CT molecular complexity index is 464. The van der Waals surface area contributed by atoms with Crippen molar-refractivity contribution in [2.75, 3.05) is 13.1 Å². The quantitative estimate of drug-likeness (QED) is 0.368. The zero-order chi connectivity index (χ0) is 17.8. The second kappa shape index (κ2) is 11.9. The first-order valence-corrected chi connectivity index (χ1v) is 9.55. The fraction of sp³-hybridized carbons (Fsp3) is 0.789. The highest BCUT2D eigenvalue weighted by atomic mass is 15.2. The highest BCUT2D eigenvalue weighted by Crippen LogP contribution is 2.08. The number of hydrogen-bond acceptors (Lipinski definition) is 2. The minimum Gasteiger partial charge on any atom is -0.357 e. The number of guanidine groups is 1. The SMILES string of the molecule is CCNC(=NCCCCn1ccnc1C)NC(C)CCCC(C)C.